The fourth-order valence-electron chi connectivity index (χ4n) is 2.63. The molecule has 2 nitrogen and oxygen atoms in total. The molecule has 0 aromatic heterocycles. The molecule has 2 rings (SSSR count). The van der Waals surface area contributed by atoms with Gasteiger partial charge in [0.1, 0.15) is 5.75 Å². The number of rotatable bonds is 6. The number of halogens is 1. The maximum absolute atomic E-state index is 6.16. The summed E-state index contributed by atoms with van der Waals surface area (Å²) >= 11 is 6.16. The van der Waals surface area contributed by atoms with E-state index in [1.165, 1.54) is 25.9 Å². The van der Waals surface area contributed by atoms with E-state index in [4.69, 9.17) is 16.3 Å². The van der Waals surface area contributed by atoms with Crippen LogP contribution in [0.1, 0.15) is 26.2 Å². The van der Waals surface area contributed by atoms with Crippen LogP contribution in [0.5, 0.6) is 5.75 Å². The number of alkyl halides is 1. The van der Waals surface area contributed by atoms with E-state index < -0.39 is 0 Å². The maximum atomic E-state index is 6.16. The third kappa shape index (κ3) is 5.04. The first-order chi connectivity index (χ1) is 9.25. The Bertz CT molecular complexity index is 347. The summed E-state index contributed by atoms with van der Waals surface area (Å²) in [6.07, 6.45) is 3.57. The third-order valence-electron chi connectivity index (χ3n) is 3.91. The number of nitrogens with zero attached hydrogens (tertiary/aromatic N) is 1. The first-order valence-electron chi connectivity index (χ1n) is 7.30. The molecule has 3 heteroatoms. The molecule has 0 amide bonds. The van der Waals surface area contributed by atoms with E-state index in [0.717, 1.165) is 25.3 Å². The molecule has 19 heavy (non-hydrogen) atoms. The zero-order chi connectivity index (χ0) is 13.5. The van der Waals surface area contributed by atoms with Crippen molar-refractivity contribution in [3.8, 4) is 5.75 Å². The van der Waals surface area contributed by atoms with Gasteiger partial charge in [-0.05, 0) is 57.3 Å². The largest absolute Gasteiger partial charge is 0.494 e. The molecular weight excluding hydrogens is 258 g/mol. The number of piperidine rings is 1. The zero-order valence-electron chi connectivity index (χ0n) is 11.7. The van der Waals surface area contributed by atoms with Gasteiger partial charge in [-0.25, -0.2) is 0 Å². The van der Waals surface area contributed by atoms with E-state index in [-0.39, 0.29) is 0 Å². The van der Waals surface area contributed by atoms with Crippen LogP contribution in [0.3, 0.4) is 0 Å². The van der Waals surface area contributed by atoms with E-state index in [0.29, 0.717) is 11.3 Å². The summed E-state index contributed by atoms with van der Waals surface area (Å²) in [5.41, 5.74) is 0. The predicted octanol–water partition coefficient (Wildman–Crippen LogP) is 3.79. The SMILES string of the molecule is CC(Cl)C1CCN(CCCOc2ccccc2)CC1. The molecule has 0 saturated carbocycles. The Hall–Kier alpha value is -0.730. The van der Waals surface area contributed by atoms with Crippen molar-refractivity contribution in [1.82, 2.24) is 4.90 Å². The van der Waals surface area contributed by atoms with Gasteiger partial charge in [-0.3, -0.25) is 0 Å². The second-order valence-electron chi connectivity index (χ2n) is 5.37. The van der Waals surface area contributed by atoms with Crippen LogP contribution in [0.2, 0.25) is 0 Å². The summed E-state index contributed by atoms with van der Waals surface area (Å²) in [6, 6.07) is 10.0. The van der Waals surface area contributed by atoms with Crippen LogP contribution < -0.4 is 4.74 Å². The van der Waals surface area contributed by atoms with Crippen LogP contribution in [0.25, 0.3) is 0 Å². The summed E-state index contributed by atoms with van der Waals surface area (Å²) < 4.78 is 5.71. The van der Waals surface area contributed by atoms with Crippen molar-refractivity contribution in [2.24, 2.45) is 5.92 Å². The smallest absolute Gasteiger partial charge is 0.119 e. The predicted molar refractivity (Wildman–Crippen MR) is 81.0 cm³/mol. The minimum absolute atomic E-state index is 0.323. The number of benzene rings is 1. The minimum Gasteiger partial charge on any atom is -0.494 e. The van der Waals surface area contributed by atoms with E-state index in [9.17, 15) is 0 Å². The van der Waals surface area contributed by atoms with E-state index >= 15 is 0 Å². The fourth-order valence-corrected chi connectivity index (χ4v) is 2.88. The molecule has 106 valence electrons. The molecular formula is C16H24ClNO. The van der Waals surface area contributed by atoms with Gasteiger partial charge < -0.3 is 9.64 Å². The Balaban J connectivity index is 1.57. The highest BCUT2D eigenvalue weighted by molar-refractivity contribution is 6.20. The van der Waals surface area contributed by atoms with Crippen LogP contribution in [-0.2, 0) is 0 Å². The standard InChI is InChI=1S/C16H24ClNO/c1-14(17)15-8-11-18(12-9-15)10-5-13-19-16-6-3-2-4-7-16/h2-4,6-7,14-15H,5,8-13H2,1H3. The van der Waals surface area contributed by atoms with Crippen LogP contribution in [0.15, 0.2) is 30.3 Å². The number of likely N-dealkylation sites (tertiary alicyclic amines) is 1. The Morgan fingerprint density at radius 2 is 1.95 bits per heavy atom. The lowest BCUT2D eigenvalue weighted by Crippen LogP contribution is -2.36. The second-order valence-corrected chi connectivity index (χ2v) is 6.06. The molecule has 1 fully saturated rings. The number of hydrogen-bond acceptors (Lipinski definition) is 2. The second kappa shape index (κ2) is 7.76. The first kappa shape index (κ1) is 14.7. The van der Waals surface area contributed by atoms with Crippen molar-refractivity contribution >= 4 is 11.6 Å². The lowest BCUT2D eigenvalue weighted by Gasteiger charge is -2.33. The average Bonchev–Trinajstić information content (AvgIpc) is 2.45. The fraction of sp³-hybridized carbons (Fsp3) is 0.625. The molecule has 1 saturated heterocycles. The molecule has 0 bridgehead atoms. The topological polar surface area (TPSA) is 12.5 Å². The van der Waals surface area contributed by atoms with E-state index in [1.807, 2.05) is 30.3 Å². The van der Waals surface area contributed by atoms with Gasteiger partial charge in [0.2, 0.25) is 0 Å². The summed E-state index contributed by atoms with van der Waals surface area (Å²) in [6.45, 7) is 6.43. The Morgan fingerprint density at radius 3 is 2.58 bits per heavy atom. The molecule has 0 radical (unpaired) electrons. The van der Waals surface area contributed by atoms with Crippen LogP contribution >= 0.6 is 11.6 Å². The number of hydrogen-bond donors (Lipinski definition) is 0. The Labute approximate surface area is 121 Å². The van der Waals surface area contributed by atoms with Gasteiger partial charge in [-0.15, -0.1) is 11.6 Å². The molecule has 1 aromatic carbocycles. The molecule has 1 aliphatic heterocycles. The van der Waals surface area contributed by atoms with Gasteiger partial charge in [0.05, 0.1) is 6.61 Å². The van der Waals surface area contributed by atoms with Crippen LogP contribution in [0, 0.1) is 5.92 Å². The highest BCUT2D eigenvalue weighted by Gasteiger charge is 2.22. The molecule has 1 aliphatic rings. The van der Waals surface area contributed by atoms with Gasteiger partial charge in [0, 0.05) is 11.9 Å². The lowest BCUT2D eigenvalue weighted by molar-refractivity contribution is 0.170. The molecule has 0 N–H and O–H groups in total. The summed E-state index contributed by atoms with van der Waals surface area (Å²) in [4.78, 5) is 2.53. The molecule has 0 spiro atoms. The summed E-state index contributed by atoms with van der Waals surface area (Å²) in [5.74, 6) is 1.68. The molecule has 1 heterocycles. The molecule has 1 aromatic rings. The van der Waals surface area contributed by atoms with Crippen molar-refractivity contribution in [3.63, 3.8) is 0 Å². The highest BCUT2D eigenvalue weighted by Crippen LogP contribution is 2.23. The van der Waals surface area contributed by atoms with Gasteiger partial charge in [0.25, 0.3) is 0 Å². The van der Waals surface area contributed by atoms with Gasteiger partial charge in [0.15, 0.2) is 0 Å². The van der Waals surface area contributed by atoms with Crippen molar-refractivity contribution in [1.29, 1.82) is 0 Å². The van der Waals surface area contributed by atoms with Gasteiger partial charge in [-0.1, -0.05) is 18.2 Å². The maximum Gasteiger partial charge on any atom is 0.119 e. The Morgan fingerprint density at radius 1 is 1.26 bits per heavy atom. The van der Waals surface area contributed by atoms with Crippen molar-refractivity contribution < 1.29 is 4.74 Å². The van der Waals surface area contributed by atoms with Crippen LogP contribution in [-0.4, -0.2) is 36.5 Å². The molecule has 1 unspecified atom stereocenters. The van der Waals surface area contributed by atoms with Crippen molar-refractivity contribution in [2.75, 3.05) is 26.2 Å². The average molecular weight is 282 g/mol. The quantitative estimate of drug-likeness (QED) is 0.581. The molecule has 1 atom stereocenters. The number of ether oxygens (including phenoxy) is 1. The summed E-state index contributed by atoms with van der Waals surface area (Å²) in [7, 11) is 0. The zero-order valence-corrected chi connectivity index (χ0v) is 12.5. The minimum atomic E-state index is 0.323. The lowest BCUT2D eigenvalue weighted by atomic mass is 9.94. The summed E-state index contributed by atoms with van der Waals surface area (Å²) in [5, 5.41) is 0.323. The van der Waals surface area contributed by atoms with E-state index in [2.05, 4.69) is 11.8 Å². The Kier molecular flexibility index (Phi) is 5.99. The normalized spacial score (nSPS) is 19.3. The monoisotopic (exact) mass is 281 g/mol. The first-order valence-corrected chi connectivity index (χ1v) is 7.73. The molecule has 0 aliphatic carbocycles. The van der Waals surface area contributed by atoms with E-state index in [1.54, 1.807) is 0 Å². The number of para-hydroxylation sites is 1. The van der Waals surface area contributed by atoms with Crippen molar-refractivity contribution in [3.05, 3.63) is 30.3 Å². The van der Waals surface area contributed by atoms with Crippen molar-refractivity contribution in [2.45, 2.75) is 31.6 Å². The van der Waals surface area contributed by atoms with Gasteiger partial charge >= 0.3 is 0 Å². The van der Waals surface area contributed by atoms with Gasteiger partial charge in [-0.2, -0.15) is 0 Å². The highest BCUT2D eigenvalue weighted by atomic mass is 35.5. The third-order valence-corrected chi connectivity index (χ3v) is 4.27. The van der Waals surface area contributed by atoms with Crippen LogP contribution in [0.4, 0.5) is 0 Å².